The van der Waals surface area contributed by atoms with E-state index < -0.39 is 5.97 Å². The first-order valence-electron chi connectivity index (χ1n) is 3.94. The molecule has 0 unspecified atom stereocenters. The molecule has 14 heavy (non-hydrogen) atoms. The summed E-state index contributed by atoms with van der Waals surface area (Å²) in [5, 5.41) is 9.52. The minimum absolute atomic E-state index is 0.141. The number of aromatic nitrogens is 1. The molecule has 0 aliphatic carbocycles. The van der Waals surface area contributed by atoms with E-state index in [0.717, 1.165) is 5.39 Å². The van der Waals surface area contributed by atoms with Crippen LogP contribution in [-0.4, -0.2) is 16.1 Å². The van der Waals surface area contributed by atoms with Gasteiger partial charge < -0.3 is 10.1 Å². The van der Waals surface area contributed by atoms with Gasteiger partial charge in [-0.25, -0.2) is 9.64 Å². The van der Waals surface area contributed by atoms with Crippen molar-refractivity contribution in [1.82, 2.24) is 4.98 Å². The van der Waals surface area contributed by atoms with Crippen LogP contribution >= 0.6 is 0 Å². The van der Waals surface area contributed by atoms with Gasteiger partial charge in [0.2, 0.25) is 0 Å². The van der Waals surface area contributed by atoms with Gasteiger partial charge in [-0.05, 0) is 17.5 Å². The van der Waals surface area contributed by atoms with E-state index in [2.05, 4.69) is 9.83 Å². The summed E-state index contributed by atoms with van der Waals surface area (Å²) in [6, 6.07) is 6.57. The second kappa shape index (κ2) is 2.89. The third kappa shape index (κ3) is 1.21. The molecular formula is C10H6N2O2. The Balaban J connectivity index is 2.67. The van der Waals surface area contributed by atoms with Gasteiger partial charge in [-0.1, -0.05) is 12.1 Å². The highest BCUT2D eigenvalue weighted by Gasteiger charge is 2.06. The Bertz CT molecular complexity index is 549. The van der Waals surface area contributed by atoms with Crippen LogP contribution in [0.3, 0.4) is 0 Å². The molecule has 0 bridgehead atoms. The van der Waals surface area contributed by atoms with Crippen molar-refractivity contribution in [3.05, 3.63) is 41.4 Å². The molecule has 1 aromatic carbocycles. The molecule has 1 aromatic heterocycles. The molecular weight excluding hydrogens is 180 g/mol. The summed E-state index contributed by atoms with van der Waals surface area (Å²) in [6.07, 6.45) is 0. The highest BCUT2D eigenvalue weighted by atomic mass is 16.4. The molecule has 68 valence electrons. The van der Waals surface area contributed by atoms with Crippen molar-refractivity contribution in [2.24, 2.45) is 0 Å². The first-order valence-corrected chi connectivity index (χ1v) is 3.94. The minimum Gasteiger partial charge on any atom is -0.477 e. The quantitative estimate of drug-likeness (QED) is 0.672. The number of nitrogens with zero attached hydrogens (tertiary/aromatic N) is 1. The van der Waals surface area contributed by atoms with Crippen LogP contribution in [0.4, 0.5) is 5.69 Å². The molecule has 2 rings (SSSR count). The second-order valence-corrected chi connectivity index (χ2v) is 2.87. The average Bonchev–Trinajstić information content (AvgIpc) is 2.59. The number of carboxylic acid groups (broad SMARTS) is 1. The van der Waals surface area contributed by atoms with Gasteiger partial charge in [0.1, 0.15) is 5.69 Å². The summed E-state index contributed by atoms with van der Waals surface area (Å²) in [4.78, 5) is 16.6. The van der Waals surface area contributed by atoms with E-state index in [1.165, 1.54) is 0 Å². The lowest BCUT2D eigenvalue weighted by Gasteiger charge is -1.89. The second-order valence-electron chi connectivity index (χ2n) is 2.87. The topological polar surface area (TPSA) is 57.4 Å². The molecule has 0 aliphatic heterocycles. The number of hydrogen-bond donors (Lipinski definition) is 2. The first-order chi connectivity index (χ1) is 6.70. The van der Waals surface area contributed by atoms with E-state index in [0.29, 0.717) is 11.2 Å². The van der Waals surface area contributed by atoms with Crippen LogP contribution in [0.1, 0.15) is 10.5 Å². The summed E-state index contributed by atoms with van der Waals surface area (Å²) in [5.41, 5.74) is 1.31. The number of aromatic amines is 1. The zero-order valence-corrected chi connectivity index (χ0v) is 7.11. The van der Waals surface area contributed by atoms with Crippen LogP contribution in [0.5, 0.6) is 0 Å². The smallest absolute Gasteiger partial charge is 0.352 e. The summed E-state index contributed by atoms with van der Waals surface area (Å²) < 4.78 is 0. The number of nitrogens with one attached hydrogen (secondary N) is 1. The van der Waals surface area contributed by atoms with Crippen LogP contribution < -0.4 is 0 Å². The number of H-pyrrole nitrogens is 1. The minimum atomic E-state index is -0.995. The summed E-state index contributed by atoms with van der Waals surface area (Å²) in [5.74, 6) is -0.995. The Morgan fingerprint density at radius 1 is 1.43 bits per heavy atom. The maximum Gasteiger partial charge on any atom is 0.352 e. The van der Waals surface area contributed by atoms with Crippen LogP contribution in [0, 0.1) is 6.57 Å². The largest absolute Gasteiger partial charge is 0.477 e. The maximum atomic E-state index is 10.6. The van der Waals surface area contributed by atoms with Crippen molar-refractivity contribution < 1.29 is 9.90 Å². The molecule has 1 heterocycles. The lowest BCUT2D eigenvalue weighted by Crippen LogP contribution is -1.94. The van der Waals surface area contributed by atoms with Gasteiger partial charge in [0.15, 0.2) is 5.69 Å². The molecule has 0 saturated heterocycles. The highest BCUT2D eigenvalue weighted by Crippen LogP contribution is 2.21. The van der Waals surface area contributed by atoms with Gasteiger partial charge in [-0.2, -0.15) is 0 Å². The molecule has 4 nitrogen and oxygen atoms in total. The molecule has 0 saturated carbocycles. The van der Waals surface area contributed by atoms with Gasteiger partial charge in [0.05, 0.1) is 6.57 Å². The predicted octanol–water partition coefficient (Wildman–Crippen LogP) is 2.42. The third-order valence-corrected chi connectivity index (χ3v) is 1.97. The van der Waals surface area contributed by atoms with Crippen molar-refractivity contribution in [2.75, 3.05) is 0 Å². The molecule has 0 spiro atoms. The summed E-state index contributed by atoms with van der Waals surface area (Å²) >= 11 is 0. The Morgan fingerprint density at radius 2 is 2.21 bits per heavy atom. The van der Waals surface area contributed by atoms with Crippen molar-refractivity contribution in [2.45, 2.75) is 0 Å². The van der Waals surface area contributed by atoms with Gasteiger partial charge in [-0.15, -0.1) is 0 Å². The number of hydrogen-bond acceptors (Lipinski definition) is 1. The van der Waals surface area contributed by atoms with Gasteiger partial charge in [-0.3, -0.25) is 0 Å². The summed E-state index contributed by atoms with van der Waals surface area (Å²) in [7, 11) is 0. The first kappa shape index (κ1) is 8.32. The number of rotatable bonds is 1. The van der Waals surface area contributed by atoms with Crippen molar-refractivity contribution in [3.63, 3.8) is 0 Å². The van der Waals surface area contributed by atoms with E-state index in [1.54, 1.807) is 24.3 Å². The molecule has 0 amide bonds. The van der Waals surface area contributed by atoms with Crippen molar-refractivity contribution >= 4 is 22.6 Å². The predicted molar refractivity (Wildman–Crippen MR) is 51.5 cm³/mol. The Labute approximate surface area is 79.6 Å². The van der Waals surface area contributed by atoms with Crippen LogP contribution in [-0.2, 0) is 0 Å². The third-order valence-electron chi connectivity index (χ3n) is 1.97. The normalized spacial score (nSPS) is 9.93. The van der Waals surface area contributed by atoms with Crippen LogP contribution in [0.15, 0.2) is 24.3 Å². The fourth-order valence-electron chi connectivity index (χ4n) is 1.30. The van der Waals surface area contributed by atoms with Crippen LogP contribution in [0.25, 0.3) is 15.7 Å². The lowest BCUT2D eigenvalue weighted by molar-refractivity contribution is 0.0691. The highest BCUT2D eigenvalue weighted by molar-refractivity contribution is 5.94. The number of carbonyl (C=O) groups is 1. The Kier molecular flexibility index (Phi) is 1.72. The molecule has 0 fully saturated rings. The molecule has 0 radical (unpaired) electrons. The molecule has 4 heteroatoms. The zero-order chi connectivity index (χ0) is 10.1. The van der Waals surface area contributed by atoms with E-state index in [4.69, 9.17) is 11.7 Å². The lowest BCUT2D eigenvalue weighted by atomic mass is 10.2. The Morgan fingerprint density at radius 3 is 2.86 bits per heavy atom. The average molecular weight is 186 g/mol. The van der Waals surface area contributed by atoms with Crippen LogP contribution in [0.2, 0.25) is 0 Å². The molecule has 0 atom stereocenters. The van der Waals surface area contributed by atoms with Gasteiger partial charge in [0, 0.05) is 5.52 Å². The fraction of sp³-hybridized carbons (Fsp3) is 0. The van der Waals surface area contributed by atoms with E-state index in [1.807, 2.05) is 0 Å². The van der Waals surface area contributed by atoms with Gasteiger partial charge >= 0.3 is 5.97 Å². The number of carboxylic acids is 1. The number of benzene rings is 1. The molecule has 2 N–H and O–H groups in total. The number of fused-ring (bicyclic) bond motifs is 1. The van der Waals surface area contributed by atoms with E-state index >= 15 is 0 Å². The van der Waals surface area contributed by atoms with Gasteiger partial charge in [0.25, 0.3) is 0 Å². The monoisotopic (exact) mass is 186 g/mol. The van der Waals surface area contributed by atoms with E-state index in [9.17, 15) is 4.79 Å². The number of aromatic carboxylic acids is 1. The SMILES string of the molecule is [C-]#[N+]c1ccc2cc(C(=O)O)[nH]c2c1. The zero-order valence-electron chi connectivity index (χ0n) is 7.11. The fourth-order valence-corrected chi connectivity index (χ4v) is 1.30. The standard InChI is InChI=1S/C10H6N2O2/c1-11-7-3-2-6-4-9(10(13)14)12-8(6)5-7/h2-5,12H,(H,13,14). The van der Waals surface area contributed by atoms with Crippen molar-refractivity contribution in [3.8, 4) is 0 Å². The van der Waals surface area contributed by atoms with E-state index in [-0.39, 0.29) is 5.69 Å². The van der Waals surface area contributed by atoms with Crippen molar-refractivity contribution in [1.29, 1.82) is 0 Å². The molecule has 2 aromatic rings. The molecule has 0 aliphatic rings. The summed E-state index contributed by atoms with van der Waals surface area (Å²) in [6.45, 7) is 6.81. The Hall–Kier alpha value is -2.28. The maximum absolute atomic E-state index is 10.6.